The largest absolute Gasteiger partial charge is 0.508 e. The number of carboxylic acid groups (broad SMARTS) is 1. The minimum atomic E-state index is -0.981. The van der Waals surface area contributed by atoms with Gasteiger partial charge in [0, 0.05) is 11.3 Å². The fraction of sp³-hybridized carbons (Fsp3) is 0.467. The molecule has 2 N–H and O–H groups in total. The molecule has 1 aliphatic heterocycles. The van der Waals surface area contributed by atoms with Gasteiger partial charge in [0.1, 0.15) is 11.8 Å². The van der Waals surface area contributed by atoms with Crippen molar-refractivity contribution in [2.24, 2.45) is 0 Å². The first kappa shape index (κ1) is 15.7. The summed E-state index contributed by atoms with van der Waals surface area (Å²) in [6.07, 6.45) is 1.64. The highest BCUT2D eigenvalue weighted by atomic mass is 32.2. The molecule has 0 aromatic heterocycles. The minimum Gasteiger partial charge on any atom is -0.508 e. The van der Waals surface area contributed by atoms with Gasteiger partial charge in [-0.3, -0.25) is 4.79 Å². The average Bonchev–Trinajstić information content (AvgIpc) is 2.85. The van der Waals surface area contributed by atoms with E-state index in [0.717, 1.165) is 12.8 Å². The van der Waals surface area contributed by atoms with Crippen molar-refractivity contribution in [3.8, 4) is 5.75 Å². The molecule has 6 heteroatoms. The number of aliphatic carboxylic acids is 1. The predicted molar refractivity (Wildman–Crippen MR) is 81.6 cm³/mol. The second-order valence-electron chi connectivity index (χ2n) is 5.14. The van der Waals surface area contributed by atoms with Crippen molar-refractivity contribution in [1.82, 2.24) is 4.90 Å². The molecule has 114 valence electrons. The number of carbonyl (C=O) groups is 2. The zero-order valence-corrected chi connectivity index (χ0v) is 12.9. The second kappa shape index (κ2) is 6.39. The summed E-state index contributed by atoms with van der Waals surface area (Å²) in [7, 11) is 0. The van der Waals surface area contributed by atoms with Crippen LogP contribution in [0.5, 0.6) is 5.75 Å². The Morgan fingerprint density at radius 3 is 2.71 bits per heavy atom. The van der Waals surface area contributed by atoms with Crippen molar-refractivity contribution in [2.75, 3.05) is 5.75 Å². The maximum absolute atomic E-state index is 12.6. The van der Waals surface area contributed by atoms with E-state index in [0.29, 0.717) is 16.9 Å². The van der Waals surface area contributed by atoms with Crippen LogP contribution in [0.2, 0.25) is 0 Å². The zero-order chi connectivity index (χ0) is 15.6. The second-order valence-corrected chi connectivity index (χ2v) is 6.36. The first-order chi connectivity index (χ1) is 9.95. The molecule has 1 aromatic rings. The van der Waals surface area contributed by atoms with Gasteiger partial charge in [0.2, 0.25) is 0 Å². The van der Waals surface area contributed by atoms with E-state index in [1.54, 1.807) is 19.1 Å². The number of aromatic hydroxyl groups is 1. The number of hydrogen-bond donors (Lipinski definition) is 2. The van der Waals surface area contributed by atoms with E-state index in [9.17, 15) is 19.8 Å². The standard InChI is InChI=1S/C15H19NO4S/c1-3-4-13-16(11(8-21-13)15(19)20)14(18)10-6-5-9(2)12(17)7-10/h5-7,11,13,17H,3-4,8H2,1-2H3,(H,19,20). The van der Waals surface area contributed by atoms with Crippen molar-refractivity contribution in [3.05, 3.63) is 29.3 Å². The first-order valence-corrected chi connectivity index (χ1v) is 7.97. The molecule has 5 nitrogen and oxygen atoms in total. The van der Waals surface area contributed by atoms with Gasteiger partial charge in [-0.2, -0.15) is 0 Å². The summed E-state index contributed by atoms with van der Waals surface area (Å²) in [5.41, 5.74) is 1.01. The van der Waals surface area contributed by atoms with Gasteiger partial charge in [-0.05, 0) is 31.0 Å². The molecule has 1 amide bonds. The molecule has 1 heterocycles. The molecular formula is C15H19NO4S. The molecule has 2 rings (SSSR count). The van der Waals surface area contributed by atoms with Crippen LogP contribution in [-0.2, 0) is 4.79 Å². The van der Waals surface area contributed by atoms with Gasteiger partial charge in [-0.1, -0.05) is 19.4 Å². The van der Waals surface area contributed by atoms with Gasteiger partial charge in [0.25, 0.3) is 5.91 Å². The summed E-state index contributed by atoms with van der Waals surface area (Å²) >= 11 is 1.50. The zero-order valence-electron chi connectivity index (χ0n) is 12.1. The monoisotopic (exact) mass is 309 g/mol. The number of benzene rings is 1. The highest BCUT2D eigenvalue weighted by Crippen LogP contribution is 2.34. The summed E-state index contributed by atoms with van der Waals surface area (Å²) in [5.74, 6) is -0.859. The molecule has 0 saturated carbocycles. The van der Waals surface area contributed by atoms with Gasteiger partial charge in [0.15, 0.2) is 0 Å². The van der Waals surface area contributed by atoms with Crippen LogP contribution in [0, 0.1) is 6.92 Å². The first-order valence-electron chi connectivity index (χ1n) is 6.92. The lowest BCUT2D eigenvalue weighted by atomic mass is 10.1. The van der Waals surface area contributed by atoms with E-state index in [-0.39, 0.29) is 17.0 Å². The van der Waals surface area contributed by atoms with E-state index in [1.807, 2.05) is 6.92 Å². The highest BCUT2D eigenvalue weighted by molar-refractivity contribution is 8.00. The predicted octanol–water partition coefficient (Wildman–Crippen LogP) is 2.47. The van der Waals surface area contributed by atoms with Crippen molar-refractivity contribution in [2.45, 2.75) is 38.1 Å². The number of carboxylic acids is 1. The third-order valence-electron chi connectivity index (χ3n) is 3.60. The summed E-state index contributed by atoms with van der Waals surface area (Å²) < 4.78 is 0. The van der Waals surface area contributed by atoms with Gasteiger partial charge in [-0.15, -0.1) is 11.8 Å². The topological polar surface area (TPSA) is 77.8 Å². The summed E-state index contributed by atoms with van der Waals surface area (Å²) in [6, 6.07) is 3.89. The molecule has 2 unspecified atom stereocenters. The average molecular weight is 309 g/mol. The van der Waals surface area contributed by atoms with Crippen LogP contribution in [0.3, 0.4) is 0 Å². The van der Waals surface area contributed by atoms with E-state index < -0.39 is 12.0 Å². The Morgan fingerprint density at radius 1 is 1.43 bits per heavy atom. The molecule has 21 heavy (non-hydrogen) atoms. The fourth-order valence-electron chi connectivity index (χ4n) is 2.39. The summed E-state index contributed by atoms with van der Waals surface area (Å²) in [5, 5.41) is 18.9. The minimum absolute atomic E-state index is 0.0478. The van der Waals surface area contributed by atoms with Crippen LogP contribution >= 0.6 is 11.8 Å². The molecule has 2 atom stereocenters. The van der Waals surface area contributed by atoms with Crippen LogP contribution in [0.25, 0.3) is 0 Å². The van der Waals surface area contributed by atoms with Gasteiger partial charge in [0.05, 0.1) is 5.37 Å². The maximum atomic E-state index is 12.6. The summed E-state index contributed by atoms with van der Waals surface area (Å²) in [4.78, 5) is 25.5. The lowest BCUT2D eigenvalue weighted by Gasteiger charge is -2.27. The molecule has 0 spiro atoms. The smallest absolute Gasteiger partial charge is 0.327 e. The van der Waals surface area contributed by atoms with E-state index >= 15 is 0 Å². The highest BCUT2D eigenvalue weighted by Gasteiger charge is 2.41. The number of hydrogen-bond acceptors (Lipinski definition) is 4. The van der Waals surface area contributed by atoms with E-state index in [4.69, 9.17) is 0 Å². The van der Waals surface area contributed by atoms with Crippen LogP contribution < -0.4 is 0 Å². The Labute approximate surface area is 128 Å². The molecule has 1 aromatic carbocycles. The number of aryl methyl sites for hydroxylation is 1. The van der Waals surface area contributed by atoms with Crippen LogP contribution in [0.4, 0.5) is 0 Å². The van der Waals surface area contributed by atoms with Gasteiger partial charge < -0.3 is 15.1 Å². The molecule has 1 aliphatic rings. The third-order valence-corrected chi connectivity index (χ3v) is 4.96. The number of nitrogens with zero attached hydrogens (tertiary/aromatic N) is 1. The van der Waals surface area contributed by atoms with E-state index in [1.165, 1.54) is 22.7 Å². The number of phenolic OH excluding ortho intramolecular Hbond substituents is 1. The van der Waals surface area contributed by atoms with Crippen LogP contribution in [0.15, 0.2) is 18.2 Å². The Balaban J connectivity index is 2.31. The van der Waals surface area contributed by atoms with Crippen molar-refractivity contribution >= 4 is 23.6 Å². The quantitative estimate of drug-likeness (QED) is 0.893. The van der Waals surface area contributed by atoms with Crippen molar-refractivity contribution in [1.29, 1.82) is 0 Å². The number of thioether (sulfide) groups is 1. The normalized spacial score (nSPS) is 21.5. The molecule has 0 radical (unpaired) electrons. The lowest BCUT2D eigenvalue weighted by Crippen LogP contribution is -2.45. The molecule has 0 aliphatic carbocycles. The van der Waals surface area contributed by atoms with Crippen LogP contribution in [0.1, 0.15) is 35.7 Å². The maximum Gasteiger partial charge on any atom is 0.327 e. The van der Waals surface area contributed by atoms with Crippen LogP contribution in [-0.4, -0.2) is 44.2 Å². The molecule has 0 bridgehead atoms. The number of carbonyl (C=O) groups excluding carboxylic acids is 1. The summed E-state index contributed by atoms with van der Waals surface area (Å²) in [6.45, 7) is 3.75. The fourth-order valence-corrected chi connectivity index (χ4v) is 3.90. The van der Waals surface area contributed by atoms with Gasteiger partial charge >= 0.3 is 5.97 Å². The van der Waals surface area contributed by atoms with Crippen molar-refractivity contribution in [3.63, 3.8) is 0 Å². The van der Waals surface area contributed by atoms with Gasteiger partial charge in [-0.25, -0.2) is 4.79 Å². The number of rotatable bonds is 4. The Kier molecular flexibility index (Phi) is 4.77. The Hall–Kier alpha value is -1.69. The Morgan fingerprint density at radius 2 is 2.14 bits per heavy atom. The third kappa shape index (κ3) is 3.15. The Bertz CT molecular complexity index is 561. The number of amides is 1. The molecular weight excluding hydrogens is 290 g/mol. The number of phenols is 1. The SMILES string of the molecule is CCCC1SCC(C(=O)O)N1C(=O)c1ccc(C)c(O)c1. The van der Waals surface area contributed by atoms with Crippen molar-refractivity contribution < 1.29 is 19.8 Å². The lowest BCUT2D eigenvalue weighted by molar-refractivity contribution is -0.141. The van der Waals surface area contributed by atoms with E-state index in [2.05, 4.69) is 0 Å². The molecule has 1 fully saturated rings. The molecule has 1 saturated heterocycles.